The largest absolute Gasteiger partial charge is 0.315 e. The Balaban J connectivity index is 1.39. The summed E-state index contributed by atoms with van der Waals surface area (Å²) in [6.07, 6.45) is 6.40. The van der Waals surface area contributed by atoms with Crippen molar-refractivity contribution in [1.82, 2.24) is 4.98 Å². The van der Waals surface area contributed by atoms with Crippen molar-refractivity contribution in [3.63, 3.8) is 0 Å². The molecule has 0 radical (unpaired) electrons. The molecule has 1 aliphatic carbocycles. The van der Waals surface area contributed by atoms with E-state index in [4.69, 9.17) is 11.6 Å². The van der Waals surface area contributed by atoms with Crippen molar-refractivity contribution in [1.29, 1.82) is 0 Å². The highest BCUT2D eigenvalue weighted by Crippen LogP contribution is 2.39. The van der Waals surface area contributed by atoms with Gasteiger partial charge in [-0.05, 0) is 91.6 Å². The molecule has 0 bridgehead atoms. The van der Waals surface area contributed by atoms with Crippen LogP contribution >= 0.6 is 11.6 Å². The van der Waals surface area contributed by atoms with E-state index in [1.807, 2.05) is 31.4 Å². The van der Waals surface area contributed by atoms with E-state index in [-0.39, 0.29) is 11.7 Å². The topological polar surface area (TPSA) is 33.2 Å². The third-order valence-corrected chi connectivity index (χ3v) is 6.33. The van der Waals surface area contributed by atoms with E-state index in [1.54, 1.807) is 29.2 Å². The molecule has 29 heavy (non-hydrogen) atoms. The Kier molecular flexibility index (Phi) is 5.81. The van der Waals surface area contributed by atoms with Crippen LogP contribution in [-0.2, 0) is 4.79 Å². The highest BCUT2D eigenvalue weighted by molar-refractivity contribution is 6.30. The zero-order chi connectivity index (χ0) is 20.4. The van der Waals surface area contributed by atoms with Crippen LogP contribution < -0.4 is 4.90 Å². The number of amides is 1. The lowest BCUT2D eigenvalue weighted by Crippen LogP contribution is -2.29. The van der Waals surface area contributed by atoms with Crippen molar-refractivity contribution in [2.75, 3.05) is 11.9 Å². The number of nitrogens with zero attached hydrogens (tertiary/aromatic N) is 2. The number of rotatable bonds is 4. The van der Waals surface area contributed by atoms with Gasteiger partial charge in [-0.3, -0.25) is 9.78 Å². The van der Waals surface area contributed by atoms with E-state index in [9.17, 15) is 9.18 Å². The van der Waals surface area contributed by atoms with Gasteiger partial charge < -0.3 is 4.90 Å². The summed E-state index contributed by atoms with van der Waals surface area (Å²) in [4.78, 5) is 18.8. The lowest BCUT2D eigenvalue weighted by atomic mass is 9.76. The first-order chi connectivity index (χ1) is 14.0. The number of carbonyl (C=O) groups excluding carboxylic acids is 1. The van der Waals surface area contributed by atoms with Gasteiger partial charge in [0.25, 0.3) is 0 Å². The summed E-state index contributed by atoms with van der Waals surface area (Å²) in [5.74, 6) is 0.685. The van der Waals surface area contributed by atoms with Crippen LogP contribution in [0.15, 0.2) is 54.7 Å². The molecule has 0 N–H and O–H groups in total. The zero-order valence-corrected chi connectivity index (χ0v) is 17.2. The second-order valence-electron chi connectivity index (χ2n) is 7.91. The molecule has 4 rings (SSSR count). The number of anilines is 1. The summed E-state index contributed by atoms with van der Waals surface area (Å²) in [5.41, 5.74) is 2.88. The highest BCUT2D eigenvalue weighted by atomic mass is 35.5. The quantitative estimate of drug-likeness (QED) is 0.501. The van der Waals surface area contributed by atoms with Crippen LogP contribution in [0.25, 0.3) is 10.9 Å². The Labute approximate surface area is 175 Å². The Bertz CT molecular complexity index is 1010. The fourth-order valence-electron chi connectivity index (χ4n) is 4.37. The monoisotopic (exact) mass is 410 g/mol. The van der Waals surface area contributed by atoms with Crippen LogP contribution in [0.2, 0.25) is 5.02 Å². The number of hydrogen-bond acceptors (Lipinski definition) is 2. The number of halogens is 2. The first-order valence-corrected chi connectivity index (χ1v) is 10.5. The molecule has 1 amide bonds. The maximum absolute atomic E-state index is 13.7. The number of benzene rings is 2. The molecule has 150 valence electrons. The fourth-order valence-corrected chi connectivity index (χ4v) is 4.49. The normalized spacial score (nSPS) is 19.3. The smallest absolute Gasteiger partial charge is 0.226 e. The number of aromatic nitrogens is 1. The first kappa shape index (κ1) is 19.8. The van der Waals surface area contributed by atoms with Crippen LogP contribution in [0.3, 0.4) is 0 Å². The molecule has 1 aliphatic rings. The van der Waals surface area contributed by atoms with Gasteiger partial charge in [-0.15, -0.1) is 0 Å². The van der Waals surface area contributed by atoms with Gasteiger partial charge in [-0.25, -0.2) is 4.39 Å². The fraction of sp³-hybridized carbons (Fsp3) is 0.333. The first-order valence-electron chi connectivity index (χ1n) is 10.1. The standard InChI is InChI=1S/C24H24ClFN2O/c1-28(20-9-6-18(25)7-10-20)24(29)14-16-2-4-17(5-3-16)21-12-13-27-23-11-8-19(26)15-22(21)23/h6-13,15-17H,2-5,14H2,1H3/t16-,17+. The van der Waals surface area contributed by atoms with E-state index in [1.165, 1.54) is 11.6 Å². The van der Waals surface area contributed by atoms with Crippen molar-refractivity contribution in [3.8, 4) is 0 Å². The number of fused-ring (bicyclic) bond motifs is 1. The van der Waals surface area contributed by atoms with E-state index in [0.717, 1.165) is 42.3 Å². The predicted octanol–water partition coefficient (Wildman–Crippen LogP) is 6.35. The molecule has 0 unspecified atom stereocenters. The van der Waals surface area contributed by atoms with Crippen LogP contribution in [0.1, 0.15) is 43.6 Å². The molecule has 1 aromatic heterocycles. The van der Waals surface area contributed by atoms with Gasteiger partial charge in [0.15, 0.2) is 0 Å². The Morgan fingerprint density at radius 3 is 2.55 bits per heavy atom. The minimum Gasteiger partial charge on any atom is -0.315 e. The van der Waals surface area contributed by atoms with Gasteiger partial charge in [0, 0.05) is 35.8 Å². The summed E-state index contributed by atoms with van der Waals surface area (Å²) in [5, 5.41) is 1.57. The van der Waals surface area contributed by atoms with E-state index >= 15 is 0 Å². The lowest BCUT2D eigenvalue weighted by Gasteiger charge is -2.30. The molecule has 0 saturated heterocycles. The molecule has 0 aliphatic heterocycles. The summed E-state index contributed by atoms with van der Waals surface area (Å²) in [6.45, 7) is 0. The Hall–Kier alpha value is -2.46. The maximum atomic E-state index is 13.7. The predicted molar refractivity (Wildman–Crippen MR) is 116 cm³/mol. The Morgan fingerprint density at radius 1 is 1.10 bits per heavy atom. The van der Waals surface area contributed by atoms with Crippen LogP contribution in [0.4, 0.5) is 10.1 Å². The SMILES string of the molecule is CN(C(=O)C[C@H]1CC[C@@H](c2ccnc3ccc(F)cc32)CC1)c1ccc(Cl)cc1. The summed E-state index contributed by atoms with van der Waals surface area (Å²) in [6, 6.07) is 14.1. The van der Waals surface area contributed by atoms with E-state index in [2.05, 4.69) is 4.98 Å². The second kappa shape index (κ2) is 8.50. The minimum absolute atomic E-state index is 0.132. The highest BCUT2D eigenvalue weighted by Gasteiger charge is 2.26. The average molecular weight is 411 g/mol. The van der Waals surface area contributed by atoms with E-state index in [0.29, 0.717) is 23.3 Å². The van der Waals surface area contributed by atoms with Gasteiger partial charge in [-0.1, -0.05) is 11.6 Å². The van der Waals surface area contributed by atoms with Crippen molar-refractivity contribution >= 4 is 34.1 Å². The Morgan fingerprint density at radius 2 is 1.83 bits per heavy atom. The molecule has 1 saturated carbocycles. The van der Waals surface area contributed by atoms with Crippen LogP contribution in [-0.4, -0.2) is 17.9 Å². The molecule has 1 heterocycles. The molecule has 0 atom stereocenters. The van der Waals surface area contributed by atoms with Gasteiger partial charge in [0.2, 0.25) is 5.91 Å². The van der Waals surface area contributed by atoms with Crippen LogP contribution in [0, 0.1) is 11.7 Å². The van der Waals surface area contributed by atoms with Gasteiger partial charge in [-0.2, -0.15) is 0 Å². The van der Waals surface area contributed by atoms with Gasteiger partial charge >= 0.3 is 0 Å². The molecular weight excluding hydrogens is 387 g/mol. The molecule has 3 aromatic rings. The van der Waals surface area contributed by atoms with Gasteiger partial charge in [0.1, 0.15) is 5.82 Å². The van der Waals surface area contributed by atoms with Crippen molar-refractivity contribution in [2.24, 2.45) is 5.92 Å². The number of carbonyl (C=O) groups is 1. The number of hydrogen-bond donors (Lipinski definition) is 0. The zero-order valence-electron chi connectivity index (χ0n) is 16.4. The summed E-state index contributed by atoms with van der Waals surface area (Å²) in [7, 11) is 1.81. The molecule has 3 nitrogen and oxygen atoms in total. The lowest BCUT2D eigenvalue weighted by molar-refractivity contribution is -0.119. The molecular formula is C24H24ClFN2O. The van der Waals surface area contributed by atoms with Crippen LogP contribution in [0.5, 0.6) is 0 Å². The molecule has 2 aromatic carbocycles. The van der Waals surface area contributed by atoms with Crippen molar-refractivity contribution in [2.45, 2.75) is 38.0 Å². The van der Waals surface area contributed by atoms with E-state index < -0.39 is 0 Å². The average Bonchev–Trinajstić information content (AvgIpc) is 2.74. The minimum atomic E-state index is -0.226. The molecule has 1 fully saturated rings. The summed E-state index contributed by atoms with van der Waals surface area (Å²) >= 11 is 5.93. The molecule has 0 spiro atoms. The van der Waals surface area contributed by atoms with Gasteiger partial charge in [0.05, 0.1) is 5.52 Å². The summed E-state index contributed by atoms with van der Waals surface area (Å²) < 4.78 is 13.7. The van der Waals surface area contributed by atoms with Crippen molar-refractivity contribution in [3.05, 3.63) is 71.1 Å². The second-order valence-corrected chi connectivity index (χ2v) is 8.35. The third-order valence-electron chi connectivity index (χ3n) is 6.08. The van der Waals surface area contributed by atoms with Crippen molar-refractivity contribution < 1.29 is 9.18 Å². The molecule has 5 heteroatoms. The number of pyridine rings is 1. The maximum Gasteiger partial charge on any atom is 0.226 e. The third kappa shape index (κ3) is 4.43.